The second-order valence-corrected chi connectivity index (χ2v) is 6.55. The Hall–Kier alpha value is -1.16. The third-order valence-electron chi connectivity index (χ3n) is 3.94. The SMILES string of the molecule is CC(C)Cn1c(CBr)nnc1C1Cc2ccccc2C1. The van der Waals surface area contributed by atoms with Crippen molar-refractivity contribution < 1.29 is 0 Å². The minimum atomic E-state index is 0.478. The Balaban J connectivity index is 1.90. The van der Waals surface area contributed by atoms with Crippen molar-refractivity contribution in [3.63, 3.8) is 0 Å². The van der Waals surface area contributed by atoms with Gasteiger partial charge in [-0.05, 0) is 29.9 Å². The van der Waals surface area contributed by atoms with E-state index < -0.39 is 0 Å². The van der Waals surface area contributed by atoms with E-state index >= 15 is 0 Å². The lowest BCUT2D eigenvalue weighted by atomic mass is 10.1. The number of alkyl halides is 1. The van der Waals surface area contributed by atoms with Crippen molar-refractivity contribution in [3.05, 3.63) is 47.0 Å². The summed E-state index contributed by atoms with van der Waals surface area (Å²) in [4.78, 5) is 0. The summed E-state index contributed by atoms with van der Waals surface area (Å²) >= 11 is 3.53. The van der Waals surface area contributed by atoms with Crippen molar-refractivity contribution in [1.29, 1.82) is 0 Å². The highest BCUT2D eigenvalue weighted by molar-refractivity contribution is 9.08. The molecule has 20 heavy (non-hydrogen) atoms. The quantitative estimate of drug-likeness (QED) is 0.798. The van der Waals surface area contributed by atoms with Crippen molar-refractivity contribution in [2.45, 2.75) is 44.5 Å². The number of hydrogen-bond acceptors (Lipinski definition) is 2. The number of benzene rings is 1. The fraction of sp³-hybridized carbons (Fsp3) is 0.500. The molecule has 1 aliphatic rings. The van der Waals surface area contributed by atoms with E-state index in [1.165, 1.54) is 11.1 Å². The van der Waals surface area contributed by atoms with Gasteiger partial charge in [0, 0.05) is 12.5 Å². The van der Waals surface area contributed by atoms with Crippen LogP contribution in [0.1, 0.15) is 42.5 Å². The molecule has 1 aliphatic carbocycles. The van der Waals surface area contributed by atoms with Gasteiger partial charge < -0.3 is 4.57 Å². The van der Waals surface area contributed by atoms with Gasteiger partial charge in [-0.15, -0.1) is 10.2 Å². The lowest BCUT2D eigenvalue weighted by molar-refractivity contribution is 0.481. The molecular formula is C16H20BrN3. The zero-order chi connectivity index (χ0) is 14.1. The fourth-order valence-electron chi connectivity index (χ4n) is 3.06. The van der Waals surface area contributed by atoms with Gasteiger partial charge in [-0.1, -0.05) is 54.0 Å². The number of hydrogen-bond donors (Lipinski definition) is 0. The minimum Gasteiger partial charge on any atom is -0.314 e. The van der Waals surface area contributed by atoms with Crippen LogP contribution in [0, 0.1) is 5.92 Å². The molecule has 3 nitrogen and oxygen atoms in total. The van der Waals surface area contributed by atoms with E-state index in [9.17, 15) is 0 Å². The Morgan fingerprint density at radius 2 is 1.85 bits per heavy atom. The van der Waals surface area contributed by atoms with Crippen LogP contribution in [0.4, 0.5) is 0 Å². The lowest BCUT2D eigenvalue weighted by Crippen LogP contribution is -2.14. The summed E-state index contributed by atoms with van der Waals surface area (Å²) < 4.78 is 2.32. The summed E-state index contributed by atoms with van der Waals surface area (Å²) in [5.74, 6) is 3.28. The fourth-order valence-corrected chi connectivity index (χ4v) is 3.47. The molecular weight excluding hydrogens is 314 g/mol. The first kappa shape index (κ1) is 13.8. The summed E-state index contributed by atoms with van der Waals surface area (Å²) in [6.07, 6.45) is 2.18. The highest BCUT2D eigenvalue weighted by Crippen LogP contribution is 2.33. The first-order valence-corrected chi connectivity index (χ1v) is 8.36. The molecule has 0 amide bonds. The summed E-state index contributed by atoms with van der Waals surface area (Å²) in [5, 5.41) is 9.62. The Morgan fingerprint density at radius 1 is 1.20 bits per heavy atom. The number of nitrogens with zero attached hydrogens (tertiary/aromatic N) is 3. The molecule has 0 aliphatic heterocycles. The van der Waals surface area contributed by atoms with Crippen LogP contribution in [0.25, 0.3) is 0 Å². The summed E-state index contributed by atoms with van der Waals surface area (Å²) in [5.41, 5.74) is 2.94. The van der Waals surface area contributed by atoms with Gasteiger partial charge in [0.15, 0.2) is 0 Å². The molecule has 0 saturated carbocycles. The van der Waals surface area contributed by atoms with E-state index in [2.05, 4.69) is 68.8 Å². The molecule has 3 rings (SSSR count). The van der Waals surface area contributed by atoms with E-state index in [0.29, 0.717) is 11.8 Å². The predicted octanol–water partition coefficient (Wildman–Crippen LogP) is 3.71. The molecule has 0 unspecified atom stereocenters. The van der Waals surface area contributed by atoms with Gasteiger partial charge in [0.25, 0.3) is 0 Å². The van der Waals surface area contributed by atoms with Crippen LogP contribution in [0.3, 0.4) is 0 Å². The summed E-state index contributed by atoms with van der Waals surface area (Å²) in [6, 6.07) is 8.74. The van der Waals surface area contributed by atoms with Gasteiger partial charge in [-0.25, -0.2) is 0 Å². The van der Waals surface area contributed by atoms with Crippen molar-refractivity contribution in [3.8, 4) is 0 Å². The van der Waals surface area contributed by atoms with Crippen LogP contribution in [0.2, 0.25) is 0 Å². The van der Waals surface area contributed by atoms with E-state index in [0.717, 1.165) is 36.4 Å². The van der Waals surface area contributed by atoms with Gasteiger partial charge in [0.2, 0.25) is 0 Å². The van der Waals surface area contributed by atoms with E-state index in [4.69, 9.17) is 0 Å². The van der Waals surface area contributed by atoms with Crippen LogP contribution < -0.4 is 0 Å². The van der Waals surface area contributed by atoms with Gasteiger partial charge in [0.05, 0.1) is 5.33 Å². The van der Waals surface area contributed by atoms with Crippen molar-refractivity contribution in [1.82, 2.24) is 14.8 Å². The van der Waals surface area contributed by atoms with Gasteiger partial charge in [0.1, 0.15) is 11.6 Å². The van der Waals surface area contributed by atoms with Crippen molar-refractivity contribution >= 4 is 15.9 Å². The maximum Gasteiger partial charge on any atom is 0.143 e. The molecule has 1 heterocycles. The summed E-state index contributed by atoms with van der Waals surface area (Å²) in [6.45, 7) is 5.48. The molecule has 2 aromatic rings. The molecule has 1 aromatic heterocycles. The van der Waals surface area contributed by atoms with Crippen molar-refractivity contribution in [2.75, 3.05) is 0 Å². The Labute approximate surface area is 128 Å². The molecule has 106 valence electrons. The molecule has 0 spiro atoms. The molecule has 0 N–H and O–H groups in total. The normalized spacial score (nSPS) is 15.0. The standard InChI is InChI=1S/C16H20BrN3/c1-11(2)10-20-15(9-17)18-19-16(20)14-7-12-5-3-4-6-13(12)8-14/h3-6,11,14H,7-10H2,1-2H3. The van der Waals surface area contributed by atoms with Crippen LogP contribution in [-0.4, -0.2) is 14.8 Å². The smallest absolute Gasteiger partial charge is 0.143 e. The maximum atomic E-state index is 4.49. The zero-order valence-corrected chi connectivity index (χ0v) is 13.6. The molecule has 0 fully saturated rings. The van der Waals surface area contributed by atoms with Crippen LogP contribution in [-0.2, 0) is 24.7 Å². The first-order valence-electron chi connectivity index (χ1n) is 7.23. The number of fused-ring (bicyclic) bond motifs is 1. The monoisotopic (exact) mass is 333 g/mol. The average Bonchev–Trinajstić information content (AvgIpc) is 3.00. The maximum absolute atomic E-state index is 4.49. The van der Waals surface area contributed by atoms with Crippen LogP contribution in [0.5, 0.6) is 0 Å². The van der Waals surface area contributed by atoms with Crippen LogP contribution in [0.15, 0.2) is 24.3 Å². The van der Waals surface area contributed by atoms with E-state index in [1.54, 1.807) is 0 Å². The highest BCUT2D eigenvalue weighted by Gasteiger charge is 2.27. The Kier molecular flexibility index (Phi) is 3.92. The molecule has 0 bridgehead atoms. The highest BCUT2D eigenvalue weighted by atomic mass is 79.9. The molecule has 0 radical (unpaired) electrons. The second kappa shape index (κ2) is 5.68. The third kappa shape index (κ3) is 2.53. The topological polar surface area (TPSA) is 30.7 Å². The lowest BCUT2D eigenvalue weighted by Gasteiger charge is -2.15. The molecule has 4 heteroatoms. The van der Waals surface area contributed by atoms with E-state index in [-0.39, 0.29) is 0 Å². The van der Waals surface area contributed by atoms with E-state index in [1.807, 2.05) is 0 Å². The Bertz CT molecular complexity index is 579. The second-order valence-electron chi connectivity index (χ2n) is 5.99. The van der Waals surface area contributed by atoms with Crippen LogP contribution >= 0.6 is 15.9 Å². The largest absolute Gasteiger partial charge is 0.314 e. The number of halogens is 1. The van der Waals surface area contributed by atoms with Gasteiger partial charge >= 0.3 is 0 Å². The number of aromatic nitrogens is 3. The molecule has 1 aromatic carbocycles. The van der Waals surface area contributed by atoms with Crippen molar-refractivity contribution in [2.24, 2.45) is 5.92 Å². The third-order valence-corrected chi connectivity index (χ3v) is 4.44. The predicted molar refractivity (Wildman–Crippen MR) is 84.1 cm³/mol. The zero-order valence-electron chi connectivity index (χ0n) is 12.0. The van der Waals surface area contributed by atoms with Gasteiger partial charge in [-0.2, -0.15) is 0 Å². The summed E-state index contributed by atoms with van der Waals surface area (Å²) in [7, 11) is 0. The first-order chi connectivity index (χ1) is 9.69. The van der Waals surface area contributed by atoms with Gasteiger partial charge in [-0.3, -0.25) is 0 Å². The average molecular weight is 334 g/mol. The molecule has 0 atom stereocenters. The molecule has 0 saturated heterocycles. The minimum absolute atomic E-state index is 0.478. The number of rotatable bonds is 4. The Morgan fingerprint density at radius 3 is 2.40 bits per heavy atom.